The summed E-state index contributed by atoms with van der Waals surface area (Å²) < 4.78 is 1.08. The number of rotatable bonds is 4. The third-order valence-electron chi connectivity index (χ3n) is 2.07. The summed E-state index contributed by atoms with van der Waals surface area (Å²) in [7, 11) is 0. The minimum atomic E-state index is -0.301. The van der Waals surface area contributed by atoms with Gasteiger partial charge in [0.2, 0.25) is 0 Å². The first-order chi connectivity index (χ1) is 6.59. The summed E-state index contributed by atoms with van der Waals surface area (Å²) in [5, 5.41) is 12.4. The molecule has 14 heavy (non-hydrogen) atoms. The van der Waals surface area contributed by atoms with Crippen LogP contribution in [0.15, 0.2) is 28.7 Å². The molecule has 0 aliphatic carbocycles. The molecule has 1 rings (SSSR count). The van der Waals surface area contributed by atoms with Gasteiger partial charge in [-0.15, -0.1) is 0 Å². The van der Waals surface area contributed by atoms with Crippen molar-refractivity contribution < 1.29 is 5.11 Å². The van der Waals surface area contributed by atoms with E-state index in [0.717, 1.165) is 4.47 Å². The third-order valence-corrected chi connectivity index (χ3v) is 2.56. The van der Waals surface area contributed by atoms with E-state index in [2.05, 4.69) is 40.3 Å². The van der Waals surface area contributed by atoms with Gasteiger partial charge < -0.3 is 10.4 Å². The number of nitrogens with one attached hydrogen (secondary N) is 1. The summed E-state index contributed by atoms with van der Waals surface area (Å²) >= 11 is 3.43. The average molecular weight is 258 g/mol. The highest BCUT2D eigenvalue weighted by atomic mass is 79.9. The maximum absolute atomic E-state index is 9.13. The Kier molecular flexibility index (Phi) is 4.58. The minimum absolute atomic E-state index is 0.266. The fraction of sp³-hybridized carbons (Fsp3) is 0.455. The van der Waals surface area contributed by atoms with Crippen LogP contribution in [0.2, 0.25) is 0 Å². The lowest BCUT2D eigenvalue weighted by Gasteiger charge is -2.15. The summed E-state index contributed by atoms with van der Waals surface area (Å²) in [6.07, 6.45) is -0.301. The van der Waals surface area contributed by atoms with Crippen LogP contribution in [0.25, 0.3) is 0 Å². The molecule has 2 unspecified atom stereocenters. The molecule has 0 aliphatic rings. The Morgan fingerprint density at radius 1 is 1.43 bits per heavy atom. The maximum Gasteiger partial charge on any atom is 0.0636 e. The predicted octanol–water partition coefficient (Wildman–Crippen LogP) is 2.48. The van der Waals surface area contributed by atoms with Gasteiger partial charge >= 0.3 is 0 Å². The molecule has 0 fully saturated rings. The zero-order valence-electron chi connectivity index (χ0n) is 8.50. The second-order valence-electron chi connectivity index (χ2n) is 3.53. The van der Waals surface area contributed by atoms with Gasteiger partial charge in [0.05, 0.1) is 6.10 Å². The monoisotopic (exact) mass is 257 g/mol. The number of hydrogen-bond donors (Lipinski definition) is 2. The average Bonchev–Trinajstić information content (AvgIpc) is 2.14. The highest BCUT2D eigenvalue weighted by Gasteiger charge is 2.05. The molecule has 2 atom stereocenters. The van der Waals surface area contributed by atoms with Crippen LogP contribution < -0.4 is 5.32 Å². The van der Waals surface area contributed by atoms with Crippen LogP contribution in [-0.2, 0) is 0 Å². The Hall–Kier alpha value is -0.380. The second-order valence-corrected chi connectivity index (χ2v) is 4.45. The van der Waals surface area contributed by atoms with Gasteiger partial charge in [0.25, 0.3) is 0 Å². The zero-order chi connectivity index (χ0) is 10.6. The Bertz CT molecular complexity index is 288. The molecule has 2 nitrogen and oxygen atoms in total. The summed E-state index contributed by atoms with van der Waals surface area (Å²) in [5.41, 5.74) is 1.22. The molecule has 1 aromatic carbocycles. The van der Waals surface area contributed by atoms with Crippen molar-refractivity contribution in [2.45, 2.75) is 26.0 Å². The molecule has 0 aliphatic heterocycles. The van der Waals surface area contributed by atoms with Crippen LogP contribution in [0, 0.1) is 0 Å². The van der Waals surface area contributed by atoms with E-state index in [0.29, 0.717) is 6.54 Å². The van der Waals surface area contributed by atoms with E-state index in [1.54, 1.807) is 6.92 Å². The Morgan fingerprint density at radius 2 is 2.14 bits per heavy atom. The van der Waals surface area contributed by atoms with Gasteiger partial charge in [0.15, 0.2) is 0 Å². The molecule has 78 valence electrons. The molecule has 1 aromatic rings. The molecular weight excluding hydrogens is 242 g/mol. The van der Waals surface area contributed by atoms with Crippen LogP contribution in [0.4, 0.5) is 0 Å². The predicted molar refractivity (Wildman–Crippen MR) is 62.2 cm³/mol. The van der Waals surface area contributed by atoms with Crippen molar-refractivity contribution in [3.8, 4) is 0 Å². The largest absolute Gasteiger partial charge is 0.392 e. The molecule has 0 radical (unpaired) electrons. The molecule has 0 bridgehead atoms. The van der Waals surface area contributed by atoms with Crippen molar-refractivity contribution in [3.63, 3.8) is 0 Å². The van der Waals surface area contributed by atoms with E-state index >= 15 is 0 Å². The van der Waals surface area contributed by atoms with Crippen molar-refractivity contribution in [3.05, 3.63) is 34.3 Å². The quantitative estimate of drug-likeness (QED) is 0.869. The first-order valence-electron chi connectivity index (χ1n) is 4.76. The van der Waals surface area contributed by atoms with E-state index in [1.807, 2.05) is 12.1 Å². The number of benzene rings is 1. The van der Waals surface area contributed by atoms with E-state index in [9.17, 15) is 0 Å². The number of halogens is 1. The second kappa shape index (κ2) is 5.49. The fourth-order valence-electron chi connectivity index (χ4n) is 1.24. The van der Waals surface area contributed by atoms with Gasteiger partial charge in [-0.05, 0) is 31.5 Å². The Labute approximate surface area is 93.5 Å². The van der Waals surface area contributed by atoms with Crippen LogP contribution in [0.1, 0.15) is 25.5 Å². The lowest BCUT2D eigenvalue weighted by Crippen LogP contribution is -2.27. The van der Waals surface area contributed by atoms with Gasteiger partial charge in [-0.25, -0.2) is 0 Å². The third kappa shape index (κ3) is 3.78. The van der Waals surface area contributed by atoms with Gasteiger partial charge in [0.1, 0.15) is 0 Å². The highest BCUT2D eigenvalue weighted by Crippen LogP contribution is 2.17. The normalized spacial score (nSPS) is 15.1. The minimum Gasteiger partial charge on any atom is -0.392 e. The SMILES string of the molecule is CC(O)CNC(C)c1cccc(Br)c1. The van der Waals surface area contributed by atoms with Crippen molar-refractivity contribution in [2.75, 3.05) is 6.54 Å². The van der Waals surface area contributed by atoms with Crippen molar-refractivity contribution in [2.24, 2.45) is 0 Å². The molecule has 0 spiro atoms. The van der Waals surface area contributed by atoms with Crippen molar-refractivity contribution in [1.29, 1.82) is 0 Å². The number of aliphatic hydroxyl groups excluding tert-OH is 1. The van der Waals surface area contributed by atoms with E-state index < -0.39 is 0 Å². The number of aliphatic hydroxyl groups is 1. The lowest BCUT2D eigenvalue weighted by molar-refractivity contribution is 0.187. The van der Waals surface area contributed by atoms with Crippen LogP contribution in [0.5, 0.6) is 0 Å². The van der Waals surface area contributed by atoms with Crippen molar-refractivity contribution >= 4 is 15.9 Å². The van der Waals surface area contributed by atoms with E-state index in [1.165, 1.54) is 5.56 Å². The Balaban J connectivity index is 2.56. The smallest absolute Gasteiger partial charge is 0.0636 e. The molecule has 2 N–H and O–H groups in total. The highest BCUT2D eigenvalue weighted by molar-refractivity contribution is 9.10. The Morgan fingerprint density at radius 3 is 2.71 bits per heavy atom. The van der Waals surface area contributed by atoms with Gasteiger partial charge in [-0.1, -0.05) is 28.1 Å². The van der Waals surface area contributed by atoms with Crippen LogP contribution >= 0.6 is 15.9 Å². The number of hydrogen-bond acceptors (Lipinski definition) is 2. The van der Waals surface area contributed by atoms with Crippen LogP contribution in [0.3, 0.4) is 0 Å². The molecule has 0 amide bonds. The molecule has 0 saturated carbocycles. The zero-order valence-corrected chi connectivity index (χ0v) is 10.1. The summed E-state index contributed by atoms with van der Waals surface area (Å²) in [6, 6.07) is 8.44. The molecule has 0 aromatic heterocycles. The molecule has 0 saturated heterocycles. The van der Waals surface area contributed by atoms with Crippen molar-refractivity contribution in [1.82, 2.24) is 5.32 Å². The first kappa shape index (κ1) is 11.7. The topological polar surface area (TPSA) is 32.3 Å². The fourth-order valence-corrected chi connectivity index (χ4v) is 1.66. The summed E-state index contributed by atoms with van der Waals surface area (Å²) in [6.45, 7) is 4.48. The van der Waals surface area contributed by atoms with E-state index in [-0.39, 0.29) is 12.1 Å². The summed E-state index contributed by atoms with van der Waals surface area (Å²) in [5.74, 6) is 0. The standard InChI is InChI=1S/C11H16BrNO/c1-8(14)7-13-9(2)10-4-3-5-11(12)6-10/h3-6,8-9,13-14H,7H2,1-2H3. The van der Waals surface area contributed by atoms with Crippen LogP contribution in [-0.4, -0.2) is 17.8 Å². The van der Waals surface area contributed by atoms with Gasteiger partial charge in [0, 0.05) is 17.1 Å². The molecule has 0 heterocycles. The molecule has 3 heteroatoms. The first-order valence-corrected chi connectivity index (χ1v) is 5.56. The van der Waals surface area contributed by atoms with Gasteiger partial charge in [-0.2, -0.15) is 0 Å². The maximum atomic E-state index is 9.13. The summed E-state index contributed by atoms with van der Waals surface area (Å²) in [4.78, 5) is 0. The lowest BCUT2D eigenvalue weighted by atomic mass is 10.1. The van der Waals surface area contributed by atoms with E-state index in [4.69, 9.17) is 5.11 Å². The molecular formula is C11H16BrNO. The van der Waals surface area contributed by atoms with Gasteiger partial charge in [-0.3, -0.25) is 0 Å².